The summed E-state index contributed by atoms with van der Waals surface area (Å²) < 4.78 is 27.6. The fourth-order valence-corrected chi connectivity index (χ4v) is 4.08. The van der Waals surface area contributed by atoms with Crippen LogP contribution < -0.4 is 10.5 Å². The van der Waals surface area contributed by atoms with Crippen molar-refractivity contribution in [3.05, 3.63) is 11.3 Å². The molecule has 1 atom stereocenters. The van der Waals surface area contributed by atoms with E-state index in [0.717, 1.165) is 32.5 Å². The third kappa shape index (κ3) is 3.20. The van der Waals surface area contributed by atoms with Crippen LogP contribution in [0.15, 0.2) is 5.03 Å². The monoisotopic (exact) mass is 301 g/mol. The first kappa shape index (κ1) is 15.4. The lowest BCUT2D eigenvalue weighted by Crippen LogP contribution is -2.47. The maximum atomic E-state index is 12.4. The van der Waals surface area contributed by atoms with Gasteiger partial charge in [-0.2, -0.15) is 5.10 Å². The van der Waals surface area contributed by atoms with Crippen LogP contribution in [0.1, 0.15) is 31.0 Å². The second kappa shape index (κ2) is 6.21. The number of piperidine rings is 1. The topological polar surface area (TPSA) is 104 Å². The Bertz CT molecular complexity index is 554. The lowest BCUT2D eigenvalue weighted by molar-refractivity contribution is 0.211. The minimum atomic E-state index is -3.61. The Labute approximate surface area is 120 Å². The molecule has 8 heteroatoms. The van der Waals surface area contributed by atoms with E-state index in [1.54, 1.807) is 6.92 Å². The van der Waals surface area contributed by atoms with Gasteiger partial charge < -0.3 is 10.6 Å². The van der Waals surface area contributed by atoms with Crippen LogP contribution in [0.2, 0.25) is 0 Å². The zero-order chi connectivity index (χ0) is 14.8. The summed E-state index contributed by atoms with van der Waals surface area (Å²) in [7, 11) is -3.61. The van der Waals surface area contributed by atoms with E-state index in [0.29, 0.717) is 11.3 Å². The van der Waals surface area contributed by atoms with E-state index in [1.165, 1.54) is 0 Å². The molecule has 114 valence electrons. The molecule has 0 aromatic carbocycles. The zero-order valence-corrected chi connectivity index (χ0v) is 12.8. The summed E-state index contributed by atoms with van der Waals surface area (Å²) >= 11 is 0. The minimum Gasteiger partial charge on any atom is -0.326 e. The molecule has 0 amide bonds. The molecule has 0 radical (unpaired) electrons. The van der Waals surface area contributed by atoms with Gasteiger partial charge in [0.05, 0.1) is 0 Å². The molecule has 0 bridgehead atoms. The summed E-state index contributed by atoms with van der Waals surface area (Å²) in [6, 6.07) is -0.0590. The predicted molar refractivity (Wildman–Crippen MR) is 76.7 cm³/mol. The average molecular weight is 301 g/mol. The molecule has 0 spiro atoms. The molecule has 7 nitrogen and oxygen atoms in total. The second-order valence-corrected chi connectivity index (χ2v) is 6.82. The number of rotatable bonds is 5. The van der Waals surface area contributed by atoms with Crippen molar-refractivity contribution in [1.29, 1.82) is 0 Å². The molecular weight excluding hydrogens is 278 g/mol. The Morgan fingerprint density at radius 2 is 2.30 bits per heavy atom. The Hall–Kier alpha value is -0.960. The zero-order valence-electron chi connectivity index (χ0n) is 12.0. The number of hydrogen-bond acceptors (Lipinski definition) is 5. The molecule has 1 aromatic rings. The van der Waals surface area contributed by atoms with Crippen molar-refractivity contribution in [2.24, 2.45) is 5.73 Å². The van der Waals surface area contributed by atoms with Gasteiger partial charge in [-0.15, -0.1) is 0 Å². The number of nitrogens with two attached hydrogens (primary N) is 1. The lowest BCUT2D eigenvalue weighted by atomic mass is 10.1. The number of H-pyrrole nitrogens is 1. The molecule has 0 saturated carbocycles. The standard InChI is InChI=1S/C12H23N5O2S/c1-3-17-6-4-5-10(8-17)16-20(18,19)12-11(7-13)9(2)14-15-12/h10,16H,3-8,13H2,1-2H3,(H,14,15). The van der Waals surface area contributed by atoms with Crippen molar-refractivity contribution in [3.8, 4) is 0 Å². The summed E-state index contributed by atoms with van der Waals surface area (Å²) in [5.74, 6) is 0. The van der Waals surface area contributed by atoms with E-state index in [-0.39, 0.29) is 17.6 Å². The summed E-state index contributed by atoms with van der Waals surface area (Å²) in [6.45, 7) is 6.73. The van der Waals surface area contributed by atoms with Gasteiger partial charge in [0, 0.05) is 30.4 Å². The van der Waals surface area contributed by atoms with Gasteiger partial charge >= 0.3 is 0 Å². The van der Waals surface area contributed by atoms with Gasteiger partial charge in [-0.1, -0.05) is 6.92 Å². The van der Waals surface area contributed by atoms with Crippen molar-refractivity contribution >= 4 is 10.0 Å². The molecule has 1 aliphatic heterocycles. The lowest BCUT2D eigenvalue weighted by Gasteiger charge is -2.31. The fourth-order valence-electron chi connectivity index (χ4n) is 2.61. The highest BCUT2D eigenvalue weighted by Gasteiger charge is 2.28. The first-order valence-electron chi connectivity index (χ1n) is 6.96. The van der Waals surface area contributed by atoms with E-state index in [9.17, 15) is 8.42 Å². The summed E-state index contributed by atoms with van der Waals surface area (Å²) in [5, 5.41) is 6.62. The minimum absolute atomic E-state index is 0.0334. The number of aromatic amines is 1. The molecule has 1 saturated heterocycles. The Kier molecular flexibility index (Phi) is 4.79. The quantitative estimate of drug-likeness (QED) is 0.707. The number of hydrogen-bond donors (Lipinski definition) is 3. The normalized spacial score (nSPS) is 21.2. The fraction of sp³-hybridized carbons (Fsp3) is 0.750. The van der Waals surface area contributed by atoms with Gasteiger partial charge in [0.2, 0.25) is 0 Å². The van der Waals surface area contributed by atoms with Crippen LogP contribution in [0, 0.1) is 6.92 Å². The van der Waals surface area contributed by atoms with Gasteiger partial charge in [0.15, 0.2) is 5.03 Å². The van der Waals surface area contributed by atoms with Crippen molar-refractivity contribution < 1.29 is 8.42 Å². The van der Waals surface area contributed by atoms with Gasteiger partial charge in [0.1, 0.15) is 0 Å². The predicted octanol–water partition coefficient (Wildman–Crippen LogP) is -0.0606. The van der Waals surface area contributed by atoms with Crippen LogP contribution in [0.5, 0.6) is 0 Å². The third-order valence-corrected chi connectivity index (χ3v) is 5.26. The highest BCUT2D eigenvalue weighted by molar-refractivity contribution is 7.89. The van der Waals surface area contributed by atoms with E-state index in [2.05, 4.69) is 26.7 Å². The highest BCUT2D eigenvalue weighted by atomic mass is 32.2. The molecule has 0 aliphatic carbocycles. The van der Waals surface area contributed by atoms with Crippen LogP contribution in [-0.4, -0.2) is 49.2 Å². The van der Waals surface area contributed by atoms with Crippen LogP contribution in [0.4, 0.5) is 0 Å². The largest absolute Gasteiger partial charge is 0.326 e. The Morgan fingerprint density at radius 3 is 2.95 bits per heavy atom. The second-order valence-electron chi connectivity index (χ2n) is 5.19. The van der Waals surface area contributed by atoms with Crippen molar-refractivity contribution in [2.75, 3.05) is 19.6 Å². The van der Waals surface area contributed by atoms with E-state index < -0.39 is 10.0 Å². The molecule has 1 aromatic heterocycles. The van der Waals surface area contributed by atoms with Gasteiger partial charge in [-0.05, 0) is 32.9 Å². The smallest absolute Gasteiger partial charge is 0.260 e. The summed E-state index contributed by atoms with van der Waals surface area (Å²) in [5.41, 5.74) is 6.87. The Morgan fingerprint density at radius 1 is 1.55 bits per heavy atom. The van der Waals surface area contributed by atoms with E-state index >= 15 is 0 Å². The van der Waals surface area contributed by atoms with Crippen molar-refractivity contribution in [3.63, 3.8) is 0 Å². The number of likely N-dealkylation sites (N-methyl/N-ethyl adjacent to an activating group) is 1. The van der Waals surface area contributed by atoms with Crippen LogP contribution in [-0.2, 0) is 16.6 Å². The van der Waals surface area contributed by atoms with E-state index in [1.807, 2.05) is 0 Å². The maximum Gasteiger partial charge on any atom is 0.260 e. The molecule has 1 aliphatic rings. The average Bonchev–Trinajstić information content (AvgIpc) is 2.80. The first-order chi connectivity index (χ1) is 9.47. The molecule has 4 N–H and O–H groups in total. The van der Waals surface area contributed by atoms with Crippen molar-refractivity contribution in [1.82, 2.24) is 19.8 Å². The number of nitrogens with zero attached hydrogens (tertiary/aromatic N) is 2. The number of likely N-dealkylation sites (tertiary alicyclic amines) is 1. The molecule has 2 rings (SSSR count). The molecular formula is C12H23N5O2S. The number of aryl methyl sites for hydroxylation is 1. The number of sulfonamides is 1. The molecule has 1 fully saturated rings. The van der Waals surface area contributed by atoms with E-state index in [4.69, 9.17) is 5.73 Å². The van der Waals surface area contributed by atoms with Gasteiger partial charge in [-0.3, -0.25) is 5.10 Å². The van der Waals surface area contributed by atoms with Crippen molar-refractivity contribution in [2.45, 2.75) is 44.3 Å². The van der Waals surface area contributed by atoms with Gasteiger partial charge in [0.25, 0.3) is 10.0 Å². The summed E-state index contributed by atoms with van der Waals surface area (Å²) in [4.78, 5) is 2.25. The highest BCUT2D eigenvalue weighted by Crippen LogP contribution is 2.18. The maximum absolute atomic E-state index is 12.4. The molecule has 1 unspecified atom stereocenters. The first-order valence-corrected chi connectivity index (χ1v) is 8.44. The SMILES string of the molecule is CCN1CCCC(NS(=O)(=O)c2n[nH]c(C)c2CN)C1. The Balaban J connectivity index is 2.14. The van der Waals surface area contributed by atoms with Gasteiger partial charge in [-0.25, -0.2) is 13.1 Å². The molecule has 20 heavy (non-hydrogen) atoms. The third-order valence-electron chi connectivity index (χ3n) is 3.77. The number of nitrogens with one attached hydrogen (secondary N) is 2. The van der Waals surface area contributed by atoms with Crippen LogP contribution in [0.25, 0.3) is 0 Å². The summed E-state index contributed by atoms with van der Waals surface area (Å²) in [6.07, 6.45) is 1.86. The number of aromatic nitrogens is 2. The van der Waals surface area contributed by atoms with Crippen LogP contribution in [0.3, 0.4) is 0 Å². The molecule has 2 heterocycles. The van der Waals surface area contributed by atoms with Crippen LogP contribution >= 0.6 is 0 Å².